The second kappa shape index (κ2) is 7.74. The summed E-state index contributed by atoms with van der Waals surface area (Å²) in [5.74, 6) is 0.540. The van der Waals surface area contributed by atoms with E-state index in [0.29, 0.717) is 23.7 Å². The first-order valence-electron chi connectivity index (χ1n) is 5.70. The molecule has 5 heteroatoms. The Bertz CT molecular complexity index is 505. The first-order chi connectivity index (χ1) is 8.83. The van der Waals surface area contributed by atoms with E-state index in [2.05, 4.69) is 4.98 Å². The van der Waals surface area contributed by atoms with Crippen LogP contribution in [-0.2, 0) is 19.8 Å². The largest absolute Gasteiger partial charge is 0.487 e. The minimum Gasteiger partial charge on any atom is -0.487 e. The van der Waals surface area contributed by atoms with Gasteiger partial charge in [0.05, 0.1) is 18.9 Å². The molecule has 19 heavy (non-hydrogen) atoms. The van der Waals surface area contributed by atoms with Crippen LogP contribution in [0.5, 0.6) is 5.75 Å². The second-order valence-corrected chi connectivity index (χ2v) is 3.84. The van der Waals surface area contributed by atoms with Gasteiger partial charge >= 0.3 is 0 Å². The van der Waals surface area contributed by atoms with Crippen molar-refractivity contribution in [2.45, 2.75) is 19.8 Å². The van der Waals surface area contributed by atoms with E-state index in [0.717, 1.165) is 5.56 Å². The van der Waals surface area contributed by atoms with E-state index >= 15 is 0 Å². The molecule has 102 valence electrons. The predicted molar refractivity (Wildman–Crippen MR) is 74.1 cm³/mol. The Morgan fingerprint density at radius 2 is 1.68 bits per heavy atom. The molecule has 1 aromatic heterocycles. The fourth-order valence-electron chi connectivity index (χ4n) is 1.60. The Labute approximate surface area is 118 Å². The number of aliphatic hydroxyl groups is 2. The van der Waals surface area contributed by atoms with Crippen LogP contribution in [0.4, 0.5) is 0 Å². The fourth-order valence-corrected chi connectivity index (χ4v) is 1.60. The summed E-state index contributed by atoms with van der Waals surface area (Å²) in [5.41, 5.74) is 2.01. The molecule has 2 rings (SSSR count). The van der Waals surface area contributed by atoms with E-state index in [4.69, 9.17) is 9.84 Å². The number of benzene rings is 1. The molecule has 1 aromatic carbocycles. The van der Waals surface area contributed by atoms with Crippen molar-refractivity contribution in [2.75, 3.05) is 0 Å². The molecule has 2 aromatic rings. The van der Waals surface area contributed by atoms with Gasteiger partial charge in [0.1, 0.15) is 18.1 Å². The molecule has 0 radical (unpaired) electrons. The highest BCUT2D eigenvalue weighted by Gasteiger charge is 2.06. The number of ether oxygens (including phenoxy) is 1. The molecule has 0 saturated heterocycles. The summed E-state index contributed by atoms with van der Waals surface area (Å²) in [4.78, 5) is 4.10. The first kappa shape index (κ1) is 15.4. The maximum atomic E-state index is 9.21. The molecule has 1 heterocycles. The van der Waals surface area contributed by atoms with Crippen LogP contribution in [0.1, 0.15) is 17.0 Å². The highest BCUT2D eigenvalue weighted by atomic mass is 35.5. The summed E-state index contributed by atoms with van der Waals surface area (Å²) in [7, 11) is 0. The second-order valence-electron chi connectivity index (χ2n) is 3.84. The van der Waals surface area contributed by atoms with Crippen LogP contribution in [0.25, 0.3) is 0 Å². The summed E-state index contributed by atoms with van der Waals surface area (Å²) in [6, 6.07) is 13.2. The Balaban J connectivity index is 0.00000180. The number of nitrogens with zero attached hydrogens (tertiary/aromatic N) is 1. The van der Waals surface area contributed by atoms with Crippen LogP contribution >= 0.6 is 12.4 Å². The SMILES string of the molecule is Cl.OCc1ccc(OCc2ccccc2)c(CO)n1. The van der Waals surface area contributed by atoms with Crippen molar-refractivity contribution in [3.63, 3.8) is 0 Å². The van der Waals surface area contributed by atoms with Gasteiger partial charge in [0.15, 0.2) is 0 Å². The lowest BCUT2D eigenvalue weighted by Gasteiger charge is -2.10. The normalized spacial score (nSPS) is 9.79. The minimum atomic E-state index is -0.210. The lowest BCUT2D eigenvalue weighted by Crippen LogP contribution is -2.02. The zero-order chi connectivity index (χ0) is 12.8. The highest BCUT2D eigenvalue weighted by Crippen LogP contribution is 2.18. The molecule has 0 unspecified atom stereocenters. The van der Waals surface area contributed by atoms with Crippen LogP contribution in [0.15, 0.2) is 42.5 Å². The number of aliphatic hydroxyl groups excluding tert-OH is 2. The van der Waals surface area contributed by atoms with Crippen LogP contribution in [0, 0.1) is 0 Å². The Morgan fingerprint density at radius 3 is 2.32 bits per heavy atom. The molecule has 0 spiro atoms. The topological polar surface area (TPSA) is 62.6 Å². The molecule has 0 atom stereocenters. The molecule has 4 nitrogen and oxygen atoms in total. The smallest absolute Gasteiger partial charge is 0.143 e. The van der Waals surface area contributed by atoms with Crippen molar-refractivity contribution in [2.24, 2.45) is 0 Å². The molecule has 0 aliphatic carbocycles. The molecule has 0 fully saturated rings. The number of hydrogen-bond donors (Lipinski definition) is 2. The number of hydrogen-bond acceptors (Lipinski definition) is 4. The molecule has 0 aliphatic rings. The van der Waals surface area contributed by atoms with Crippen molar-refractivity contribution < 1.29 is 14.9 Å². The maximum Gasteiger partial charge on any atom is 0.143 e. The van der Waals surface area contributed by atoms with Gasteiger partial charge in [0.25, 0.3) is 0 Å². The van der Waals surface area contributed by atoms with Crippen molar-refractivity contribution in [1.82, 2.24) is 4.98 Å². The molecule has 0 bridgehead atoms. The molecule has 0 aliphatic heterocycles. The Hall–Kier alpha value is -1.62. The van der Waals surface area contributed by atoms with E-state index in [1.54, 1.807) is 12.1 Å². The maximum absolute atomic E-state index is 9.21. The number of rotatable bonds is 5. The Morgan fingerprint density at radius 1 is 0.947 bits per heavy atom. The quantitative estimate of drug-likeness (QED) is 0.881. The number of pyridine rings is 1. The average molecular weight is 282 g/mol. The van der Waals surface area contributed by atoms with E-state index < -0.39 is 0 Å². The van der Waals surface area contributed by atoms with Crippen molar-refractivity contribution >= 4 is 12.4 Å². The van der Waals surface area contributed by atoms with E-state index in [1.807, 2.05) is 30.3 Å². The zero-order valence-corrected chi connectivity index (χ0v) is 11.1. The van der Waals surface area contributed by atoms with Gasteiger partial charge in [-0.15, -0.1) is 12.4 Å². The monoisotopic (exact) mass is 281 g/mol. The standard InChI is InChI=1S/C14H15NO3.ClH/c16-8-12-6-7-14(13(9-17)15-12)18-10-11-4-2-1-3-5-11;/h1-7,16-17H,8-10H2;1H. The van der Waals surface area contributed by atoms with Gasteiger partial charge in [-0.05, 0) is 17.7 Å². The van der Waals surface area contributed by atoms with Gasteiger partial charge in [0, 0.05) is 0 Å². The van der Waals surface area contributed by atoms with Crippen LogP contribution in [0.3, 0.4) is 0 Å². The van der Waals surface area contributed by atoms with Crippen molar-refractivity contribution in [3.8, 4) is 5.75 Å². The van der Waals surface area contributed by atoms with Gasteiger partial charge in [0.2, 0.25) is 0 Å². The van der Waals surface area contributed by atoms with E-state index in [9.17, 15) is 5.11 Å². The van der Waals surface area contributed by atoms with Gasteiger partial charge in [-0.3, -0.25) is 0 Å². The lowest BCUT2D eigenvalue weighted by atomic mass is 10.2. The predicted octanol–water partition coefficient (Wildman–Crippen LogP) is 2.07. The van der Waals surface area contributed by atoms with Crippen molar-refractivity contribution in [3.05, 3.63) is 59.4 Å². The molecular formula is C14H16ClNO3. The van der Waals surface area contributed by atoms with Gasteiger partial charge < -0.3 is 14.9 Å². The number of halogens is 1. The molecule has 2 N–H and O–H groups in total. The summed E-state index contributed by atoms with van der Waals surface area (Å²) in [6.45, 7) is 0.0674. The van der Waals surface area contributed by atoms with E-state index in [-0.39, 0.29) is 25.6 Å². The fraction of sp³-hybridized carbons (Fsp3) is 0.214. The summed E-state index contributed by atoms with van der Waals surface area (Å²) in [5, 5.41) is 18.2. The van der Waals surface area contributed by atoms with Gasteiger partial charge in [-0.25, -0.2) is 4.98 Å². The van der Waals surface area contributed by atoms with Crippen LogP contribution in [0.2, 0.25) is 0 Å². The van der Waals surface area contributed by atoms with Crippen LogP contribution in [-0.4, -0.2) is 15.2 Å². The summed E-state index contributed by atoms with van der Waals surface area (Å²) >= 11 is 0. The molecule has 0 amide bonds. The third kappa shape index (κ3) is 4.21. The van der Waals surface area contributed by atoms with E-state index in [1.165, 1.54) is 0 Å². The number of aromatic nitrogens is 1. The molecule has 0 saturated carbocycles. The third-order valence-corrected chi connectivity index (χ3v) is 2.54. The molecular weight excluding hydrogens is 266 g/mol. The first-order valence-corrected chi connectivity index (χ1v) is 5.70. The van der Waals surface area contributed by atoms with Crippen LogP contribution < -0.4 is 4.74 Å². The summed E-state index contributed by atoms with van der Waals surface area (Å²) < 4.78 is 5.61. The van der Waals surface area contributed by atoms with Gasteiger partial charge in [-0.1, -0.05) is 30.3 Å². The summed E-state index contributed by atoms with van der Waals surface area (Å²) in [6.07, 6.45) is 0. The van der Waals surface area contributed by atoms with Gasteiger partial charge in [-0.2, -0.15) is 0 Å². The Kier molecular flexibility index (Phi) is 6.29. The minimum absolute atomic E-state index is 0. The third-order valence-electron chi connectivity index (χ3n) is 2.54. The zero-order valence-electron chi connectivity index (χ0n) is 10.3. The highest BCUT2D eigenvalue weighted by molar-refractivity contribution is 5.85. The average Bonchev–Trinajstić information content (AvgIpc) is 2.46. The van der Waals surface area contributed by atoms with Crippen molar-refractivity contribution in [1.29, 1.82) is 0 Å². The lowest BCUT2D eigenvalue weighted by molar-refractivity contribution is 0.247.